The second-order valence-electron chi connectivity index (χ2n) is 7.15. The topological polar surface area (TPSA) is 74.5 Å². The molecule has 0 fully saturated rings. The summed E-state index contributed by atoms with van der Waals surface area (Å²) in [6, 6.07) is 19.9. The fourth-order valence-corrected chi connectivity index (χ4v) is 3.06. The maximum atomic E-state index is 10.8. The Morgan fingerprint density at radius 3 is 2.40 bits per heavy atom. The van der Waals surface area contributed by atoms with Gasteiger partial charge in [-0.2, -0.15) is 0 Å². The number of aliphatic imine (C=N–C) groups is 1. The molecule has 30 heavy (non-hydrogen) atoms. The number of hydrogen-bond acceptors (Lipinski definition) is 3. The van der Waals surface area contributed by atoms with Gasteiger partial charge in [0.2, 0.25) is 0 Å². The van der Waals surface area contributed by atoms with E-state index in [4.69, 9.17) is 0 Å². The fraction of sp³-hybridized carbons (Fsp3) is 0.304. The van der Waals surface area contributed by atoms with Gasteiger partial charge >= 0.3 is 0 Å². The molecule has 3 N–H and O–H groups in total. The van der Waals surface area contributed by atoms with E-state index in [1.807, 2.05) is 61.7 Å². The molecule has 0 saturated carbocycles. The van der Waals surface area contributed by atoms with Gasteiger partial charge in [0.15, 0.2) is 5.96 Å². The molecular formula is C23H30IN5O. The molecule has 160 valence electrons. The van der Waals surface area contributed by atoms with Crippen LogP contribution in [0.2, 0.25) is 0 Å². The Bertz CT molecular complexity index is 910. The smallest absolute Gasteiger partial charge is 0.191 e. The highest BCUT2D eigenvalue weighted by molar-refractivity contribution is 14.0. The Hall–Kier alpha value is -2.39. The van der Waals surface area contributed by atoms with Gasteiger partial charge in [-0.05, 0) is 25.0 Å². The van der Waals surface area contributed by atoms with E-state index >= 15 is 0 Å². The van der Waals surface area contributed by atoms with Gasteiger partial charge in [0.25, 0.3) is 0 Å². The van der Waals surface area contributed by atoms with Gasteiger partial charge in [-0.3, -0.25) is 0 Å². The quantitative estimate of drug-likeness (QED) is 0.242. The molecule has 2 aromatic carbocycles. The molecule has 0 saturated heterocycles. The van der Waals surface area contributed by atoms with Gasteiger partial charge in [-0.15, -0.1) is 24.0 Å². The minimum Gasteiger partial charge on any atom is -0.384 e. The highest BCUT2D eigenvalue weighted by Gasteiger charge is 2.23. The number of rotatable bonds is 8. The first-order valence-electron chi connectivity index (χ1n) is 9.92. The van der Waals surface area contributed by atoms with Crippen LogP contribution in [0.1, 0.15) is 30.8 Å². The van der Waals surface area contributed by atoms with Crippen LogP contribution in [0.3, 0.4) is 0 Å². The largest absolute Gasteiger partial charge is 0.384 e. The zero-order valence-electron chi connectivity index (χ0n) is 17.5. The molecule has 1 atom stereocenters. The number of benzene rings is 2. The van der Waals surface area contributed by atoms with Crippen molar-refractivity contribution in [1.82, 2.24) is 20.2 Å². The summed E-state index contributed by atoms with van der Waals surface area (Å²) >= 11 is 0. The lowest BCUT2D eigenvalue weighted by molar-refractivity contribution is 0.0617. The Morgan fingerprint density at radius 1 is 1.07 bits per heavy atom. The van der Waals surface area contributed by atoms with Crippen LogP contribution in [0.25, 0.3) is 0 Å². The van der Waals surface area contributed by atoms with Crippen molar-refractivity contribution >= 4 is 29.9 Å². The third-order valence-corrected chi connectivity index (χ3v) is 4.72. The van der Waals surface area contributed by atoms with Crippen LogP contribution in [0, 0.1) is 0 Å². The average molecular weight is 519 g/mol. The van der Waals surface area contributed by atoms with E-state index in [-0.39, 0.29) is 24.0 Å². The van der Waals surface area contributed by atoms with Gasteiger partial charge in [0.05, 0.1) is 6.54 Å². The van der Waals surface area contributed by atoms with E-state index in [1.54, 1.807) is 13.1 Å². The standard InChI is InChI=1S/C23H29N5O.HI/c1-3-24-22(27-18-23(2,29)20-12-8-5-9-13-20)26-16-21-25-14-15-28(21)17-19-10-6-4-7-11-19;/h4-15,29H,3,16-18H2,1-2H3,(H2,24,26,27);1H. The highest BCUT2D eigenvalue weighted by Crippen LogP contribution is 2.18. The number of nitrogens with zero attached hydrogens (tertiary/aromatic N) is 3. The number of aliphatic hydroxyl groups is 1. The van der Waals surface area contributed by atoms with Crippen molar-refractivity contribution in [1.29, 1.82) is 0 Å². The molecule has 0 spiro atoms. The normalized spacial score (nSPS) is 13.2. The van der Waals surface area contributed by atoms with Crippen molar-refractivity contribution in [2.45, 2.75) is 32.5 Å². The van der Waals surface area contributed by atoms with E-state index in [1.165, 1.54) is 5.56 Å². The van der Waals surface area contributed by atoms with E-state index in [2.05, 4.69) is 37.3 Å². The minimum absolute atomic E-state index is 0. The summed E-state index contributed by atoms with van der Waals surface area (Å²) < 4.78 is 2.10. The lowest BCUT2D eigenvalue weighted by Crippen LogP contribution is -2.44. The first-order valence-corrected chi connectivity index (χ1v) is 9.92. The van der Waals surface area contributed by atoms with E-state index in [0.29, 0.717) is 19.0 Å². The molecule has 0 aliphatic heterocycles. The number of aromatic nitrogens is 2. The van der Waals surface area contributed by atoms with Crippen LogP contribution in [0.4, 0.5) is 0 Å². The third-order valence-electron chi connectivity index (χ3n) is 4.72. The fourth-order valence-electron chi connectivity index (χ4n) is 3.06. The van der Waals surface area contributed by atoms with Gasteiger partial charge in [-0.25, -0.2) is 9.98 Å². The van der Waals surface area contributed by atoms with Crippen LogP contribution < -0.4 is 10.6 Å². The maximum absolute atomic E-state index is 10.8. The summed E-state index contributed by atoms with van der Waals surface area (Å²) in [6.45, 7) is 6.11. The molecule has 1 heterocycles. The predicted octanol–water partition coefficient (Wildman–Crippen LogP) is 3.51. The lowest BCUT2D eigenvalue weighted by Gasteiger charge is -2.25. The number of nitrogens with one attached hydrogen (secondary N) is 2. The van der Waals surface area contributed by atoms with Crippen molar-refractivity contribution in [3.8, 4) is 0 Å². The summed E-state index contributed by atoms with van der Waals surface area (Å²) in [5.41, 5.74) is 1.09. The lowest BCUT2D eigenvalue weighted by atomic mass is 9.96. The van der Waals surface area contributed by atoms with E-state index < -0.39 is 5.60 Å². The minimum atomic E-state index is -0.997. The van der Waals surface area contributed by atoms with Crippen molar-refractivity contribution in [2.75, 3.05) is 13.1 Å². The summed E-state index contributed by atoms with van der Waals surface area (Å²) in [4.78, 5) is 9.11. The molecule has 0 aliphatic rings. The molecule has 0 radical (unpaired) electrons. The second-order valence-corrected chi connectivity index (χ2v) is 7.15. The molecule has 3 rings (SSSR count). The highest BCUT2D eigenvalue weighted by atomic mass is 127. The molecule has 1 aromatic heterocycles. The van der Waals surface area contributed by atoms with Gasteiger partial charge in [-0.1, -0.05) is 60.7 Å². The van der Waals surface area contributed by atoms with Crippen LogP contribution in [-0.2, 0) is 18.7 Å². The second kappa shape index (κ2) is 11.7. The molecule has 0 bridgehead atoms. The van der Waals surface area contributed by atoms with Crippen LogP contribution in [-0.4, -0.2) is 33.7 Å². The SMILES string of the molecule is CCNC(=NCc1nccn1Cc1ccccc1)NCC(C)(O)c1ccccc1.I. The first-order chi connectivity index (χ1) is 14.1. The summed E-state index contributed by atoms with van der Waals surface area (Å²) in [7, 11) is 0. The zero-order valence-corrected chi connectivity index (χ0v) is 19.8. The molecule has 3 aromatic rings. The Morgan fingerprint density at radius 2 is 1.73 bits per heavy atom. The van der Waals surface area contributed by atoms with E-state index in [9.17, 15) is 5.11 Å². The molecule has 7 heteroatoms. The Labute approximate surface area is 195 Å². The van der Waals surface area contributed by atoms with Crippen molar-refractivity contribution in [3.05, 3.63) is 90.0 Å². The Balaban J connectivity index is 0.00000320. The summed E-state index contributed by atoms with van der Waals surface area (Å²) in [6.07, 6.45) is 3.77. The van der Waals surface area contributed by atoms with Crippen LogP contribution in [0.15, 0.2) is 78.0 Å². The van der Waals surface area contributed by atoms with Crippen molar-refractivity contribution in [3.63, 3.8) is 0 Å². The first kappa shape index (κ1) is 23.9. The number of hydrogen-bond donors (Lipinski definition) is 3. The Kier molecular flexibility index (Phi) is 9.32. The van der Waals surface area contributed by atoms with Gasteiger partial charge < -0.3 is 20.3 Å². The molecule has 0 aliphatic carbocycles. The molecule has 1 unspecified atom stereocenters. The molecule has 6 nitrogen and oxygen atoms in total. The monoisotopic (exact) mass is 519 g/mol. The average Bonchev–Trinajstić information content (AvgIpc) is 3.18. The molecule has 0 amide bonds. The maximum Gasteiger partial charge on any atom is 0.191 e. The van der Waals surface area contributed by atoms with E-state index in [0.717, 1.165) is 24.5 Å². The summed E-state index contributed by atoms with van der Waals surface area (Å²) in [5.74, 6) is 1.54. The third kappa shape index (κ3) is 6.84. The predicted molar refractivity (Wildman–Crippen MR) is 132 cm³/mol. The van der Waals surface area contributed by atoms with Crippen LogP contribution >= 0.6 is 24.0 Å². The van der Waals surface area contributed by atoms with Gasteiger partial charge in [0.1, 0.15) is 18.0 Å². The van der Waals surface area contributed by atoms with Crippen molar-refractivity contribution < 1.29 is 5.11 Å². The number of halogens is 1. The van der Waals surface area contributed by atoms with Crippen LogP contribution in [0.5, 0.6) is 0 Å². The van der Waals surface area contributed by atoms with Crippen molar-refractivity contribution in [2.24, 2.45) is 4.99 Å². The molecular weight excluding hydrogens is 489 g/mol. The zero-order chi connectivity index (χ0) is 20.5. The number of guanidine groups is 1. The van der Waals surface area contributed by atoms with Gasteiger partial charge in [0, 0.05) is 25.5 Å². The summed E-state index contributed by atoms with van der Waals surface area (Å²) in [5, 5.41) is 17.3. The number of imidazole rings is 1.